The average Bonchev–Trinajstić information content (AvgIpc) is 3.41. The van der Waals surface area contributed by atoms with Crippen LogP contribution in [0.3, 0.4) is 0 Å². The third-order valence-electron chi connectivity index (χ3n) is 4.97. The number of aryl methyl sites for hydroxylation is 1. The summed E-state index contributed by atoms with van der Waals surface area (Å²) in [4.78, 5) is 39.3. The molecule has 0 spiro atoms. The Balaban J connectivity index is 1.45. The summed E-state index contributed by atoms with van der Waals surface area (Å²) in [6, 6.07) is 5.55. The van der Waals surface area contributed by atoms with E-state index in [1.807, 2.05) is 18.4 Å². The minimum absolute atomic E-state index is 0.0152. The number of nitrogens with zero attached hydrogens (tertiary/aromatic N) is 4. The molecule has 3 aromatic heterocycles. The lowest BCUT2D eigenvalue weighted by Crippen LogP contribution is -2.46. The van der Waals surface area contributed by atoms with Gasteiger partial charge in [0.05, 0.1) is 6.54 Å². The Hall–Kier alpha value is -3.11. The van der Waals surface area contributed by atoms with Crippen LogP contribution in [0.5, 0.6) is 0 Å². The van der Waals surface area contributed by atoms with Crippen molar-refractivity contribution in [2.75, 3.05) is 25.0 Å². The lowest BCUT2D eigenvalue weighted by Gasteiger charge is -2.31. The fraction of sp³-hybridized carbons (Fsp3) is 0.381. The van der Waals surface area contributed by atoms with E-state index in [1.165, 1.54) is 18.3 Å². The summed E-state index contributed by atoms with van der Waals surface area (Å²) < 4.78 is 5.67. The molecule has 10 heteroatoms. The molecule has 1 saturated heterocycles. The summed E-state index contributed by atoms with van der Waals surface area (Å²) in [6.45, 7) is 5.15. The Morgan fingerprint density at radius 2 is 2.06 bits per heavy atom. The van der Waals surface area contributed by atoms with Gasteiger partial charge in [-0.2, -0.15) is 0 Å². The Morgan fingerprint density at radius 1 is 1.26 bits per heavy atom. The Bertz CT molecular complexity index is 1060. The summed E-state index contributed by atoms with van der Waals surface area (Å²) in [5.41, 5.74) is 0.625. The van der Waals surface area contributed by atoms with Crippen molar-refractivity contribution < 1.29 is 14.0 Å². The van der Waals surface area contributed by atoms with E-state index in [0.717, 1.165) is 36.7 Å². The Morgan fingerprint density at radius 3 is 2.71 bits per heavy atom. The first-order chi connectivity index (χ1) is 15.0. The summed E-state index contributed by atoms with van der Waals surface area (Å²) in [7, 11) is 0. The third kappa shape index (κ3) is 5.53. The second kappa shape index (κ2) is 9.36. The first kappa shape index (κ1) is 21.1. The lowest BCUT2D eigenvalue weighted by molar-refractivity contribution is -0.121. The van der Waals surface area contributed by atoms with Crippen molar-refractivity contribution in [3.8, 4) is 22.3 Å². The second-order valence-electron chi connectivity index (χ2n) is 7.51. The highest BCUT2D eigenvalue weighted by molar-refractivity contribution is 7.13. The summed E-state index contributed by atoms with van der Waals surface area (Å²) in [6.07, 6.45) is 3.37. The number of hydrogen-bond acceptors (Lipinski definition) is 8. The fourth-order valence-electron chi connectivity index (χ4n) is 3.54. The topological polar surface area (TPSA) is 113 Å². The number of carbonyl (C=O) groups is 2. The quantitative estimate of drug-likeness (QED) is 0.606. The Labute approximate surface area is 183 Å². The van der Waals surface area contributed by atoms with Crippen molar-refractivity contribution >= 4 is 29.0 Å². The van der Waals surface area contributed by atoms with Crippen LogP contribution < -0.4 is 10.6 Å². The molecule has 1 aliphatic rings. The van der Waals surface area contributed by atoms with Gasteiger partial charge >= 0.3 is 0 Å². The molecule has 2 amide bonds. The molecule has 162 valence electrons. The molecule has 2 N–H and O–H groups in total. The van der Waals surface area contributed by atoms with E-state index in [-0.39, 0.29) is 24.4 Å². The lowest BCUT2D eigenvalue weighted by atomic mass is 10.1. The number of nitrogens with one attached hydrogen (secondary N) is 2. The van der Waals surface area contributed by atoms with Gasteiger partial charge in [0.25, 0.3) is 0 Å². The van der Waals surface area contributed by atoms with Gasteiger partial charge in [0.2, 0.25) is 11.8 Å². The van der Waals surface area contributed by atoms with Gasteiger partial charge in [0.1, 0.15) is 22.3 Å². The highest BCUT2D eigenvalue weighted by atomic mass is 32.1. The minimum Gasteiger partial charge on any atom is -0.458 e. The van der Waals surface area contributed by atoms with Crippen LogP contribution >= 0.6 is 11.3 Å². The third-order valence-corrected chi connectivity index (χ3v) is 5.76. The number of furan rings is 1. The molecule has 0 aromatic carbocycles. The normalized spacial score (nSPS) is 15.0. The summed E-state index contributed by atoms with van der Waals surface area (Å²) in [5.74, 6) is 1.93. The Kier molecular flexibility index (Phi) is 6.38. The maximum Gasteiger partial charge on any atom is 0.239 e. The van der Waals surface area contributed by atoms with Gasteiger partial charge in [-0.1, -0.05) is 0 Å². The summed E-state index contributed by atoms with van der Waals surface area (Å²) >= 11 is 1.46. The molecule has 9 nitrogen and oxygen atoms in total. The molecular formula is C21H24N6O3S. The molecule has 0 saturated carbocycles. The molecule has 0 unspecified atom stereocenters. The summed E-state index contributed by atoms with van der Waals surface area (Å²) in [5, 5.41) is 8.44. The van der Waals surface area contributed by atoms with E-state index < -0.39 is 0 Å². The molecule has 31 heavy (non-hydrogen) atoms. The SMILES string of the molecule is CC(=O)NC1CCN(CC(=O)Nc2cc(-c3nccs3)nc(-c3ccc(C)o3)n2)CC1. The van der Waals surface area contributed by atoms with E-state index >= 15 is 0 Å². The smallest absolute Gasteiger partial charge is 0.239 e. The van der Waals surface area contributed by atoms with Crippen molar-refractivity contribution in [3.05, 3.63) is 35.5 Å². The van der Waals surface area contributed by atoms with Gasteiger partial charge in [0, 0.05) is 43.7 Å². The number of piperidine rings is 1. The van der Waals surface area contributed by atoms with E-state index in [9.17, 15) is 9.59 Å². The predicted molar refractivity (Wildman–Crippen MR) is 117 cm³/mol. The van der Waals surface area contributed by atoms with Crippen LogP contribution in [-0.2, 0) is 9.59 Å². The number of thiazole rings is 1. The molecule has 0 aliphatic carbocycles. The zero-order valence-corrected chi connectivity index (χ0v) is 18.2. The first-order valence-corrected chi connectivity index (χ1v) is 11.0. The highest BCUT2D eigenvalue weighted by Crippen LogP contribution is 2.26. The van der Waals surface area contributed by atoms with E-state index in [4.69, 9.17) is 4.42 Å². The van der Waals surface area contributed by atoms with Crippen molar-refractivity contribution in [3.63, 3.8) is 0 Å². The second-order valence-corrected chi connectivity index (χ2v) is 8.40. The van der Waals surface area contributed by atoms with Crippen LogP contribution in [0.2, 0.25) is 0 Å². The molecule has 4 heterocycles. The van der Waals surface area contributed by atoms with Gasteiger partial charge in [-0.25, -0.2) is 15.0 Å². The highest BCUT2D eigenvalue weighted by Gasteiger charge is 2.22. The average molecular weight is 441 g/mol. The zero-order chi connectivity index (χ0) is 21.8. The van der Waals surface area contributed by atoms with Crippen molar-refractivity contribution in [2.24, 2.45) is 0 Å². The molecule has 0 bridgehead atoms. The van der Waals surface area contributed by atoms with Crippen LogP contribution in [0, 0.1) is 6.92 Å². The van der Waals surface area contributed by atoms with E-state index in [0.29, 0.717) is 23.1 Å². The number of anilines is 1. The minimum atomic E-state index is -0.150. The van der Waals surface area contributed by atoms with Crippen LogP contribution in [0.4, 0.5) is 5.82 Å². The molecule has 3 aromatic rings. The maximum absolute atomic E-state index is 12.7. The van der Waals surface area contributed by atoms with Crippen LogP contribution in [-0.4, -0.2) is 57.3 Å². The van der Waals surface area contributed by atoms with Crippen molar-refractivity contribution in [2.45, 2.75) is 32.7 Å². The van der Waals surface area contributed by atoms with Crippen LogP contribution in [0.1, 0.15) is 25.5 Å². The number of aromatic nitrogens is 3. The van der Waals surface area contributed by atoms with Crippen molar-refractivity contribution in [1.82, 2.24) is 25.2 Å². The van der Waals surface area contributed by atoms with Crippen molar-refractivity contribution in [1.29, 1.82) is 0 Å². The molecule has 1 aliphatic heterocycles. The molecule has 0 radical (unpaired) electrons. The standard InChI is InChI=1S/C21H24N6O3S/c1-13-3-4-17(30-13)20-24-16(21-22-7-10-31-21)11-18(26-20)25-19(29)12-27-8-5-15(6-9-27)23-14(2)28/h3-4,7,10-11,15H,5-6,8-9,12H2,1-2H3,(H,23,28)(H,24,25,26,29). The van der Waals surface area contributed by atoms with Gasteiger partial charge in [-0.3, -0.25) is 14.5 Å². The molecule has 0 atom stereocenters. The van der Waals surface area contributed by atoms with Crippen LogP contribution in [0.15, 0.2) is 34.2 Å². The van der Waals surface area contributed by atoms with E-state index in [1.54, 1.807) is 18.3 Å². The number of rotatable bonds is 6. The largest absolute Gasteiger partial charge is 0.458 e. The molecule has 1 fully saturated rings. The predicted octanol–water partition coefficient (Wildman–Crippen LogP) is 2.71. The monoisotopic (exact) mass is 440 g/mol. The zero-order valence-electron chi connectivity index (χ0n) is 17.4. The molecule has 4 rings (SSSR count). The molecular weight excluding hydrogens is 416 g/mol. The van der Waals surface area contributed by atoms with Gasteiger partial charge in [-0.15, -0.1) is 11.3 Å². The number of likely N-dealkylation sites (tertiary alicyclic amines) is 1. The number of hydrogen-bond donors (Lipinski definition) is 2. The number of amides is 2. The van der Waals surface area contributed by atoms with Gasteiger partial charge < -0.3 is 15.1 Å². The van der Waals surface area contributed by atoms with Gasteiger partial charge in [-0.05, 0) is 31.9 Å². The first-order valence-electron chi connectivity index (χ1n) is 10.1. The number of carbonyl (C=O) groups excluding carboxylic acids is 2. The van der Waals surface area contributed by atoms with Crippen LogP contribution in [0.25, 0.3) is 22.3 Å². The van der Waals surface area contributed by atoms with E-state index in [2.05, 4.69) is 30.5 Å². The fourth-order valence-corrected chi connectivity index (χ4v) is 4.14. The van der Waals surface area contributed by atoms with Gasteiger partial charge in [0.15, 0.2) is 11.6 Å². The maximum atomic E-state index is 12.7.